The molecule has 0 radical (unpaired) electrons. The van der Waals surface area contributed by atoms with Crippen LogP contribution >= 0.6 is 0 Å². The van der Waals surface area contributed by atoms with Gasteiger partial charge >= 0.3 is 0 Å². The fourth-order valence-electron chi connectivity index (χ4n) is 1.44. The molecule has 11 heavy (non-hydrogen) atoms. The molecule has 0 amide bonds. The number of fused-ring (bicyclic) bond motifs is 1. The fourth-order valence-corrected chi connectivity index (χ4v) is 1.44. The lowest BCUT2D eigenvalue weighted by molar-refractivity contribution is 0.485. The van der Waals surface area contributed by atoms with Crippen LogP contribution in [0.1, 0.15) is 11.1 Å². The van der Waals surface area contributed by atoms with Crippen LogP contribution in [-0.2, 0) is 13.1 Å². The molecule has 0 aromatic heterocycles. The highest BCUT2D eigenvalue weighted by atomic mass is 19.1. The summed E-state index contributed by atoms with van der Waals surface area (Å²) in [7, 11) is 0. The molecule has 1 aliphatic heterocycles. The number of hydrogen-bond acceptors (Lipinski definition) is 1. The molecule has 1 heterocycles. The normalized spacial score (nSPS) is 14.3. The topological polar surface area (TPSA) is 12.0 Å². The highest BCUT2D eigenvalue weighted by Gasteiger charge is 2.08. The van der Waals surface area contributed by atoms with Crippen LogP contribution in [0.2, 0.25) is 0 Å². The summed E-state index contributed by atoms with van der Waals surface area (Å²) in [5.41, 5.74) is 3.20. The number of anilines is 1. The van der Waals surface area contributed by atoms with Crippen molar-refractivity contribution in [3.8, 4) is 0 Å². The standard InChI is InChI=1S/C9H10FN/c10-6-7-1-2-9-8(5-7)3-4-11-9/h1-2,5,11H,3-4,6H2. The van der Waals surface area contributed by atoms with Gasteiger partial charge in [0.15, 0.2) is 0 Å². The van der Waals surface area contributed by atoms with Gasteiger partial charge in [0.05, 0.1) is 0 Å². The van der Waals surface area contributed by atoms with Gasteiger partial charge in [-0.3, -0.25) is 0 Å². The first-order chi connectivity index (χ1) is 5.40. The Bertz CT molecular complexity index is 270. The maximum atomic E-state index is 12.2. The summed E-state index contributed by atoms with van der Waals surface area (Å²) in [4.78, 5) is 0. The molecule has 1 N–H and O–H groups in total. The van der Waals surface area contributed by atoms with Gasteiger partial charge in [0, 0.05) is 12.2 Å². The van der Waals surface area contributed by atoms with Crippen LogP contribution in [0, 0.1) is 0 Å². The Hall–Kier alpha value is -1.05. The Balaban J connectivity index is 2.41. The van der Waals surface area contributed by atoms with Crippen molar-refractivity contribution >= 4 is 5.69 Å². The van der Waals surface area contributed by atoms with E-state index in [1.54, 1.807) is 0 Å². The molecule has 58 valence electrons. The Morgan fingerprint density at radius 1 is 1.45 bits per heavy atom. The van der Waals surface area contributed by atoms with Crippen LogP contribution in [0.15, 0.2) is 18.2 Å². The van der Waals surface area contributed by atoms with Gasteiger partial charge in [0.25, 0.3) is 0 Å². The van der Waals surface area contributed by atoms with Crippen LogP contribution in [0.5, 0.6) is 0 Å². The fraction of sp³-hybridized carbons (Fsp3) is 0.333. The summed E-state index contributed by atoms with van der Waals surface area (Å²) in [5, 5.41) is 3.23. The van der Waals surface area contributed by atoms with Crippen LogP contribution in [0.25, 0.3) is 0 Å². The third-order valence-electron chi connectivity index (χ3n) is 2.03. The summed E-state index contributed by atoms with van der Waals surface area (Å²) < 4.78 is 12.2. The highest BCUT2D eigenvalue weighted by molar-refractivity contribution is 5.56. The molecule has 0 spiro atoms. The summed E-state index contributed by atoms with van der Waals surface area (Å²) in [6, 6.07) is 5.73. The molecular weight excluding hydrogens is 141 g/mol. The van der Waals surface area contributed by atoms with E-state index in [1.807, 2.05) is 18.2 Å². The van der Waals surface area contributed by atoms with E-state index in [4.69, 9.17) is 0 Å². The van der Waals surface area contributed by atoms with E-state index >= 15 is 0 Å². The third-order valence-corrected chi connectivity index (χ3v) is 2.03. The van der Waals surface area contributed by atoms with Crippen molar-refractivity contribution < 1.29 is 4.39 Å². The second-order valence-corrected chi connectivity index (χ2v) is 2.80. The van der Waals surface area contributed by atoms with Crippen molar-refractivity contribution in [2.24, 2.45) is 0 Å². The molecule has 0 atom stereocenters. The zero-order valence-corrected chi connectivity index (χ0v) is 6.23. The molecule has 2 rings (SSSR count). The predicted molar refractivity (Wildman–Crippen MR) is 43.4 cm³/mol. The van der Waals surface area contributed by atoms with Crippen LogP contribution in [0.4, 0.5) is 10.1 Å². The minimum Gasteiger partial charge on any atom is -0.384 e. The Kier molecular flexibility index (Phi) is 1.53. The van der Waals surface area contributed by atoms with Gasteiger partial charge < -0.3 is 5.32 Å². The molecule has 0 fully saturated rings. The monoisotopic (exact) mass is 151 g/mol. The first-order valence-electron chi connectivity index (χ1n) is 3.82. The van der Waals surface area contributed by atoms with Crippen molar-refractivity contribution in [2.75, 3.05) is 11.9 Å². The van der Waals surface area contributed by atoms with Gasteiger partial charge in [-0.05, 0) is 23.6 Å². The number of rotatable bonds is 1. The first-order valence-corrected chi connectivity index (χ1v) is 3.82. The van der Waals surface area contributed by atoms with Gasteiger partial charge in [-0.1, -0.05) is 12.1 Å². The number of halogens is 1. The highest BCUT2D eigenvalue weighted by Crippen LogP contribution is 2.23. The van der Waals surface area contributed by atoms with E-state index in [2.05, 4.69) is 5.32 Å². The lowest BCUT2D eigenvalue weighted by atomic mass is 10.1. The number of benzene rings is 1. The smallest absolute Gasteiger partial charge is 0.115 e. The number of alkyl halides is 1. The second kappa shape index (κ2) is 2.53. The van der Waals surface area contributed by atoms with E-state index in [0.717, 1.165) is 18.5 Å². The van der Waals surface area contributed by atoms with Crippen LogP contribution in [0.3, 0.4) is 0 Å². The zero-order chi connectivity index (χ0) is 7.68. The predicted octanol–water partition coefficient (Wildman–Crippen LogP) is 2.12. The lowest BCUT2D eigenvalue weighted by Gasteiger charge is -1.99. The minimum absolute atomic E-state index is 0.354. The van der Waals surface area contributed by atoms with Crippen molar-refractivity contribution in [1.82, 2.24) is 0 Å². The molecule has 1 aliphatic rings. The molecule has 0 bridgehead atoms. The Labute approximate surface area is 65.2 Å². The lowest BCUT2D eigenvalue weighted by Crippen LogP contribution is -1.90. The molecule has 2 heteroatoms. The molecule has 1 aromatic rings. The van der Waals surface area contributed by atoms with E-state index in [1.165, 1.54) is 11.3 Å². The molecule has 0 aliphatic carbocycles. The van der Waals surface area contributed by atoms with E-state index in [0.29, 0.717) is 0 Å². The largest absolute Gasteiger partial charge is 0.384 e. The van der Waals surface area contributed by atoms with Crippen LogP contribution < -0.4 is 5.32 Å². The third kappa shape index (κ3) is 1.09. The van der Waals surface area contributed by atoms with Gasteiger partial charge in [0.2, 0.25) is 0 Å². The Morgan fingerprint density at radius 2 is 2.36 bits per heavy atom. The zero-order valence-electron chi connectivity index (χ0n) is 6.23. The first kappa shape index (κ1) is 6.65. The maximum Gasteiger partial charge on any atom is 0.115 e. The molecule has 0 saturated carbocycles. The summed E-state index contributed by atoms with van der Waals surface area (Å²) in [6.07, 6.45) is 1.03. The van der Waals surface area contributed by atoms with Crippen molar-refractivity contribution in [3.05, 3.63) is 29.3 Å². The molecule has 0 unspecified atom stereocenters. The van der Waals surface area contributed by atoms with E-state index < -0.39 is 0 Å². The van der Waals surface area contributed by atoms with E-state index in [-0.39, 0.29) is 6.67 Å². The maximum absolute atomic E-state index is 12.2. The number of hydrogen-bond donors (Lipinski definition) is 1. The number of nitrogens with one attached hydrogen (secondary N) is 1. The SMILES string of the molecule is FCc1ccc2c(c1)CCN2. The van der Waals surface area contributed by atoms with Gasteiger partial charge in [0.1, 0.15) is 6.67 Å². The molecule has 1 aromatic carbocycles. The van der Waals surface area contributed by atoms with Gasteiger partial charge in [-0.25, -0.2) is 4.39 Å². The quantitative estimate of drug-likeness (QED) is 0.648. The van der Waals surface area contributed by atoms with Gasteiger partial charge in [-0.2, -0.15) is 0 Å². The molecule has 1 nitrogen and oxygen atoms in total. The minimum atomic E-state index is -0.354. The van der Waals surface area contributed by atoms with Crippen molar-refractivity contribution in [3.63, 3.8) is 0 Å². The second-order valence-electron chi connectivity index (χ2n) is 2.80. The summed E-state index contributed by atoms with van der Waals surface area (Å²) >= 11 is 0. The van der Waals surface area contributed by atoms with Crippen molar-refractivity contribution in [2.45, 2.75) is 13.1 Å². The molecular formula is C9H10FN. The van der Waals surface area contributed by atoms with Gasteiger partial charge in [-0.15, -0.1) is 0 Å². The molecule has 0 saturated heterocycles. The van der Waals surface area contributed by atoms with Crippen LogP contribution in [-0.4, -0.2) is 6.54 Å². The summed E-state index contributed by atoms with van der Waals surface area (Å²) in [6.45, 7) is 0.637. The Morgan fingerprint density at radius 3 is 3.18 bits per heavy atom. The van der Waals surface area contributed by atoms with Crippen molar-refractivity contribution in [1.29, 1.82) is 0 Å². The van der Waals surface area contributed by atoms with E-state index in [9.17, 15) is 4.39 Å². The summed E-state index contributed by atoms with van der Waals surface area (Å²) in [5.74, 6) is 0. The average molecular weight is 151 g/mol. The average Bonchev–Trinajstić information content (AvgIpc) is 2.50.